The second-order valence-corrected chi connectivity index (χ2v) is 4.14. The number of rotatable bonds is 2. The molecule has 0 aliphatic heterocycles. The van der Waals surface area contributed by atoms with Gasteiger partial charge in [-0.1, -0.05) is 36.7 Å². The minimum Gasteiger partial charge on any atom is -0.508 e. The standard InChI is InChI=1S/C14H13ClO/c1-2-10-3-6-12(15)9-14(10)11-4-7-13(16)8-5-11/h3-9,16H,2H2,1H3. The van der Waals surface area contributed by atoms with E-state index in [9.17, 15) is 5.11 Å². The van der Waals surface area contributed by atoms with E-state index < -0.39 is 0 Å². The Hall–Kier alpha value is -1.47. The Bertz CT molecular complexity index is 489. The summed E-state index contributed by atoms with van der Waals surface area (Å²) in [5, 5.41) is 9.99. The Balaban J connectivity index is 2.53. The summed E-state index contributed by atoms with van der Waals surface area (Å²) in [5.41, 5.74) is 3.47. The summed E-state index contributed by atoms with van der Waals surface area (Å²) < 4.78 is 0. The molecule has 0 unspecified atom stereocenters. The molecule has 0 aromatic heterocycles. The summed E-state index contributed by atoms with van der Waals surface area (Å²) in [4.78, 5) is 0. The minimum atomic E-state index is 0.281. The van der Waals surface area contributed by atoms with Gasteiger partial charge in [-0.25, -0.2) is 0 Å². The highest BCUT2D eigenvalue weighted by molar-refractivity contribution is 6.30. The van der Waals surface area contributed by atoms with E-state index in [0.29, 0.717) is 0 Å². The molecule has 16 heavy (non-hydrogen) atoms. The Labute approximate surface area is 100 Å². The van der Waals surface area contributed by atoms with E-state index in [4.69, 9.17) is 11.6 Å². The molecule has 0 spiro atoms. The molecule has 0 atom stereocenters. The van der Waals surface area contributed by atoms with E-state index in [2.05, 4.69) is 6.92 Å². The van der Waals surface area contributed by atoms with Crippen molar-refractivity contribution in [2.75, 3.05) is 0 Å². The maximum Gasteiger partial charge on any atom is 0.115 e. The topological polar surface area (TPSA) is 20.2 Å². The van der Waals surface area contributed by atoms with Gasteiger partial charge in [-0.2, -0.15) is 0 Å². The first kappa shape index (κ1) is 11.0. The molecular formula is C14H13ClO. The van der Waals surface area contributed by atoms with E-state index >= 15 is 0 Å². The summed E-state index contributed by atoms with van der Waals surface area (Å²) >= 11 is 6.01. The van der Waals surface area contributed by atoms with E-state index in [-0.39, 0.29) is 5.75 Å². The Morgan fingerprint density at radius 2 is 1.75 bits per heavy atom. The molecule has 0 amide bonds. The number of phenols is 1. The second kappa shape index (κ2) is 4.58. The molecule has 1 N–H and O–H groups in total. The molecule has 0 heterocycles. The minimum absolute atomic E-state index is 0.281. The number of aromatic hydroxyl groups is 1. The highest BCUT2D eigenvalue weighted by atomic mass is 35.5. The lowest BCUT2D eigenvalue weighted by Gasteiger charge is -2.08. The third kappa shape index (κ3) is 2.20. The van der Waals surface area contributed by atoms with Gasteiger partial charge in [-0.05, 0) is 47.4 Å². The lowest BCUT2D eigenvalue weighted by Crippen LogP contribution is -1.87. The van der Waals surface area contributed by atoms with Gasteiger partial charge in [0.2, 0.25) is 0 Å². The van der Waals surface area contributed by atoms with Crippen molar-refractivity contribution in [3.05, 3.63) is 53.1 Å². The molecule has 1 nitrogen and oxygen atoms in total. The van der Waals surface area contributed by atoms with Crippen LogP contribution in [0, 0.1) is 0 Å². The molecule has 0 aliphatic carbocycles. The van der Waals surface area contributed by atoms with Crippen molar-refractivity contribution in [3.8, 4) is 16.9 Å². The zero-order chi connectivity index (χ0) is 11.5. The Kier molecular flexibility index (Phi) is 3.16. The molecule has 0 saturated heterocycles. The van der Waals surface area contributed by atoms with Crippen LogP contribution in [0.4, 0.5) is 0 Å². The van der Waals surface area contributed by atoms with Crippen LogP contribution in [0.15, 0.2) is 42.5 Å². The van der Waals surface area contributed by atoms with Crippen LogP contribution in [0.2, 0.25) is 5.02 Å². The monoisotopic (exact) mass is 232 g/mol. The van der Waals surface area contributed by atoms with Gasteiger partial charge >= 0.3 is 0 Å². The quantitative estimate of drug-likeness (QED) is 0.820. The first-order valence-corrected chi connectivity index (χ1v) is 5.66. The smallest absolute Gasteiger partial charge is 0.115 e. The molecule has 2 aromatic rings. The first-order valence-electron chi connectivity index (χ1n) is 5.28. The zero-order valence-corrected chi connectivity index (χ0v) is 9.83. The summed E-state index contributed by atoms with van der Waals surface area (Å²) in [7, 11) is 0. The molecule has 2 heteroatoms. The predicted molar refractivity (Wildman–Crippen MR) is 67.9 cm³/mol. The van der Waals surface area contributed by atoms with Crippen molar-refractivity contribution < 1.29 is 5.11 Å². The van der Waals surface area contributed by atoms with Crippen LogP contribution in [0.25, 0.3) is 11.1 Å². The molecule has 2 aromatic carbocycles. The fourth-order valence-electron chi connectivity index (χ4n) is 1.77. The van der Waals surface area contributed by atoms with E-state index in [0.717, 1.165) is 22.6 Å². The van der Waals surface area contributed by atoms with Gasteiger partial charge in [-0.3, -0.25) is 0 Å². The van der Waals surface area contributed by atoms with Crippen LogP contribution < -0.4 is 0 Å². The van der Waals surface area contributed by atoms with Crippen molar-refractivity contribution >= 4 is 11.6 Å². The van der Waals surface area contributed by atoms with Crippen molar-refractivity contribution in [1.29, 1.82) is 0 Å². The molecule has 0 bridgehead atoms. The third-order valence-electron chi connectivity index (χ3n) is 2.63. The molecule has 82 valence electrons. The molecule has 2 rings (SSSR count). The van der Waals surface area contributed by atoms with Gasteiger partial charge in [0.1, 0.15) is 5.75 Å². The molecule has 0 fully saturated rings. The number of phenolic OH excluding ortho intramolecular Hbond substituents is 1. The summed E-state index contributed by atoms with van der Waals surface area (Å²) in [5.74, 6) is 0.281. The van der Waals surface area contributed by atoms with Crippen LogP contribution >= 0.6 is 11.6 Å². The average molecular weight is 233 g/mol. The van der Waals surface area contributed by atoms with E-state index in [1.165, 1.54) is 5.56 Å². The molecular weight excluding hydrogens is 220 g/mol. The molecule has 0 radical (unpaired) electrons. The number of benzene rings is 2. The fourth-order valence-corrected chi connectivity index (χ4v) is 1.94. The first-order chi connectivity index (χ1) is 7.70. The normalized spacial score (nSPS) is 10.4. The van der Waals surface area contributed by atoms with E-state index in [1.54, 1.807) is 12.1 Å². The maximum absolute atomic E-state index is 9.26. The SMILES string of the molecule is CCc1ccc(Cl)cc1-c1ccc(O)cc1. The van der Waals surface area contributed by atoms with Crippen LogP contribution in [0.1, 0.15) is 12.5 Å². The van der Waals surface area contributed by atoms with Crippen molar-refractivity contribution in [3.63, 3.8) is 0 Å². The number of hydrogen-bond donors (Lipinski definition) is 1. The van der Waals surface area contributed by atoms with Crippen LogP contribution in [0.3, 0.4) is 0 Å². The molecule has 0 aliphatic rings. The van der Waals surface area contributed by atoms with Crippen molar-refractivity contribution in [2.24, 2.45) is 0 Å². The van der Waals surface area contributed by atoms with Crippen LogP contribution in [0.5, 0.6) is 5.75 Å². The zero-order valence-electron chi connectivity index (χ0n) is 9.07. The van der Waals surface area contributed by atoms with Gasteiger partial charge in [0.05, 0.1) is 0 Å². The number of aryl methyl sites for hydroxylation is 1. The highest BCUT2D eigenvalue weighted by Crippen LogP contribution is 2.28. The summed E-state index contributed by atoms with van der Waals surface area (Å²) in [6.07, 6.45) is 0.966. The highest BCUT2D eigenvalue weighted by Gasteiger charge is 2.04. The van der Waals surface area contributed by atoms with Gasteiger partial charge in [0.25, 0.3) is 0 Å². The van der Waals surface area contributed by atoms with Gasteiger partial charge in [0.15, 0.2) is 0 Å². The third-order valence-corrected chi connectivity index (χ3v) is 2.87. The average Bonchev–Trinajstić information content (AvgIpc) is 2.30. The predicted octanol–water partition coefficient (Wildman–Crippen LogP) is 4.28. The van der Waals surface area contributed by atoms with Crippen LogP contribution in [-0.4, -0.2) is 5.11 Å². The van der Waals surface area contributed by atoms with Crippen molar-refractivity contribution in [1.82, 2.24) is 0 Å². The lowest BCUT2D eigenvalue weighted by molar-refractivity contribution is 0.475. The summed E-state index contributed by atoms with van der Waals surface area (Å²) in [6.45, 7) is 2.12. The van der Waals surface area contributed by atoms with Gasteiger partial charge in [-0.15, -0.1) is 0 Å². The van der Waals surface area contributed by atoms with E-state index in [1.807, 2.05) is 30.3 Å². The molecule has 0 saturated carbocycles. The second-order valence-electron chi connectivity index (χ2n) is 3.70. The Morgan fingerprint density at radius 3 is 2.38 bits per heavy atom. The van der Waals surface area contributed by atoms with Gasteiger partial charge < -0.3 is 5.11 Å². The van der Waals surface area contributed by atoms with Crippen molar-refractivity contribution in [2.45, 2.75) is 13.3 Å². The fraction of sp³-hybridized carbons (Fsp3) is 0.143. The lowest BCUT2D eigenvalue weighted by atomic mass is 9.98. The van der Waals surface area contributed by atoms with Gasteiger partial charge in [0, 0.05) is 5.02 Å². The van der Waals surface area contributed by atoms with Crippen LogP contribution in [-0.2, 0) is 6.42 Å². The number of halogens is 1. The number of hydrogen-bond acceptors (Lipinski definition) is 1. The Morgan fingerprint density at radius 1 is 1.06 bits per heavy atom. The largest absolute Gasteiger partial charge is 0.508 e. The summed E-state index contributed by atoms with van der Waals surface area (Å²) in [6, 6.07) is 13.1. The maximum atomic E-state index is 9.26.